The molecule has 2 N–H and O–H groups in total. The maximum Gasteiger partial charge on any atom is 0.312 e. The third-order valence-corrected chi connectivity index (χ3v) is 7.39. The van der Waals surface area contributed by atoms with Gasteiger partial charge in [0.25, 0.3) is 5.91 Å². The van der Waals surface area contributed by atoms with E-state index in [2.05, 4.69) is 5.32 Å². The molecule has 6 rings (SSSR count). The fourth-order valence-electron chi connectivity index (χ4n) is 6.49. The Bertz CT molecular complexity index is 987. The highest BCUT2D eigenvalue weighted by Gasteiger charge is 2.61. The number of aliphatic hydroxyl groups is 1. The maximum absolute atomic E-state index is 13.2. The van der Waals surface area contributed by atoms with E-state index < -0.39 is 17.1 Å². The summed E-state index contributed by atoms with van der Waals surface area (Å²) in [5, 5.41) is 13.8. The van der Waals surface area contributed by atoms with Gasteiger partial charge in [-0.05, 0) is 68.9 Å². The number of nitrogens with one attached hydrogen (secondary N) is 1. The zero-order valence-electron chi connectivity index (χ0n) is 17.8. The molecule has 2 aromatic rings. The molecule has 162 valence electrons. The van der Waals surface area contributed by atoms with Crippen LogP contribution in [0.25, 0.3) is 11.1 Å². The normalized spacial score (nSPS) is 31.8. The van der Waals surface area contributed by atoms with Crippen molar-refractivity contribution in [3.63, 3.8) is 0 Å². The van der Waals surface area contributed by atoms with Gasteiger partial charge in [-0.3, -0.25) is 9.59 Å². The Morgan fingerprint density at radius 2 is 1.65 bits per heavy atom. The monoisotopic (exact) mass is 419 g/mol. The SMILES string of the molecule is CC(OC(=O)C12CC3CC(CC(O)(C3)C1)C2)C(=O)Nc1ccccc1-c1ccccc1. The molecule has 0 aromatic heterocycles. The number of carbonyl (C=O) groups excluding carboxylic acids is 2. The van der Waals surface area contributed by atoms with Crippen molar-refractivity contribution in [1.82, 2.24) is 0 Å². The molecule has 0 saturated heterocycles. The summed E-state index contributed by atoms with van der Waals surface area (Å²) in [4.78, 5) is 26.1. The van der Waals surface area contributed by atoms with E-state index in [0.717, 1.165) is 43.2 Å². The van der Waals surface area contributed by atoms with Crippen molar-refractivity contribution in [3.8, 4) is 11.1 Å². The van der Waals surface area contributed by atoms with Crippen molar-refractivity contribution in [1.29, 1.82) is 0 Å². The van der Waals surface area contributed by atoms with Gasteiger partial charge < -0.3 is 15.2 Å². The van der Waals surface area contributed by atoms with Gasteiger partial charge in [-0.2, -0.15) is 0 Å². The number of para-hydroxylation sites is 1. The number of hydrogen-bond acceptors (Lipinski definition) is 4. The molecule has 4 aliphatic rings. The van der Waals surface area contributed by atoms with E-state index in [-0.39, 0.29) is 11.9 Å². The molecule has 0 radical (unpaired) electrons. The molecule has 2 aromatic carbocycles. The summed E-state index contributed by atoms with van der Waals surface area (Å²) in [5.74, 6) is 0.112. The van der Waals surface area contributed by atoms with Crippen LogP contribution in [-0.4, -0.2) is 28.7 Å². The highest BCUT2D eigenvalue weighted by molar-refractivity contribution is 5.98. The Morgan fingerprint density at radius 1 is 1.00 bits per heavy atom. The lowest BCUT2D eigenvalue weighted by atomic mass is 9.48. The quantitative estimate of drug-likeness (QED) is 0.697. The first-order chi connectivity index (χ1) is 14.9. The van der Waals surface area contributed by atoms with Crippen molar-refractivity contribution in [2.75, 3.05) is 5.32 Å². The van der Waals surface area contributed by atoms with E-state index in [1.807, 2.05) is 54.6 Å². The van der Waals surface area contributed by atoms with Crippen LogP contribution in [0.2, 0.25) is 0 Å². The molecule has 3 atom stereocenters. The van der Waals surface area contributed by atoms with Crippen molar-refractivity contribution < 1.29 is 19.4 Å². The molecule has 5 nitrogen and oxygen atoms in total. The van der Waals surface area contributed by atoms with E-state index in [1.165, 1.54) is 0 Å². The zero-order chi connectivity index (χ0) is 21.6. The van der Waals surface area contributed by atoms with E-state index in [1.54, 1.807) is 6.92 Å². The number of ether oxygens (including phenoxy) is 1. The predicted molar refractivity (Wildman–Crippen MR) is 118 cm³/mol. The van der Waals surface area contributed by atoms with Gasteiger partial charge in [-0.1, -0.05) is 48.5 Å². The lowest BCUT2D eigenvalue weighted by Crippen LogP contribution is -2.59. The number of rotatable bonds is 5. The van der Waals surface area contributed by atoms with E-state index in [0.29, 0.717) is 23.9 Å². The molecule has 5 heteroatoms. The molecule has 3 unspecified atom stereocenters. The Kier molecular flexibility index (Phi) is 4.89. The van der Waals surface area contributed by atoms with Crippen LogP contribution in [0, 0.1) is 17.3 Å². The van der Waals surface area contributed by atoms with E-state index >= 15 is 0 Å². The number of hydrogen-bond donors (Lipinski definition) is 2. The molecule has 4 saturated carbocycles. The van der Waals surface area contributed by atoms with Gasteiger partial charge in [0, 0.05) is 11.3 Å². The third kappa shape index (κ3) is 3.76. The second-order valence-electron chi connectivity index (χ2n) is 9.91. The molecule has 4 fully saturated rings. The molecular formula is C26H29NO4. The Labute approximate surface area is 182 Å². The topological polar surface area (TPSA) is 75.6 Å². The standard InChI is InChI=1S/C26H29NO4/c1-17(23(28)27-22-10-6-5-9-21(22)20-7-3-2-4-8-20)31-24(29)25-12-18-11-19(13-25)15-26(30,14-18)16-25/h2-10,17-19,30H,11-16H2,1H3,(H,27,28). The Hall–Kier alpha value is -2.66. The summed E-state index contributed by atoms with van der Waals surface area (Å²) >= 11 is 0. The average molecular weight is 420 g/mol. The van der Waals surface area contributed by atoms with Crippen LogP contribution in [0.15, 0.2) is 54.6 Å². The Morgan fingerprint density at radius 3 is 2.32 bits per heavy atom. The summed E-state index contributed by atoms with van der Waals surface area (Å²) in [7, 11) is 0. The van der Waals surface area contributed by atoms with Crippen LogP contribution in [0.1, 0.15) is 45.4 Å². The second-order valence-corrected chi connectivity index (χ2v) is 9.91. The first-order valence-electron chi connectivity index (χ1n) is 11.2. The molecule has 0 aliphatic heterocycles. The van der Waals surface area contributed by atoms with Gasteiger partial charge in [0.15, 0.2) is 6.10 Å². The largest absolute Gasteiger partial charge is 0.452 e. The summed E-state index contributed by atoms with van der Waals surface area (Å²) < 4.78 is 5.70. The van der Waals surface area contributed by atoms with E-state index in [9.17, 15) is 14.7 Å². The van der Waals surface area contributed by atoms with Crippen molar-refractivity contribution in [2.45, 2.75) is 57.2 Å². The number of benzene rings is 2. The molecule has 31 heavy (non-hydrogen) atoms. The molecule has 1 amide bonds. The Balaban J connectivity index is 1.28. The number of anilines is 1. The summed E-state index contributed by atoms with van der Waals surface area (Å²) in [5.41, 5.74) is 1.24. The first-order valence-corrected chi connectivity index (χ1v) is 11.2. The number of amides is 1. The minimum absolute atomic E-state index is 0.320. The predicted octanol–water partition coefficient (Wildman–Crippen LogP) is 4.56. The zero-order valence-corrected chi connectivity index (χ0v) is 17.8. The maximum atomic E-state index is 13.2. The average Bonchev–Trinajstić information content (AvgIpc) is 2.73. The smallest absolute Gasteiger partial charge is 0.312 e. The second kappa shape index (κ2) is 7.49. The van der Waals surface area contributed by atoms with Gasteiger partial charge in [-0.15, -0.1) is 0 Å². The van der Waals surface area contributed by atoms with E-state index in [4.69, 9.17) is 4.74 Å². The van der Waals surface area contributed by atoms with Crippen molar-refractivity contribution in [2.24, 2.45) is 17.3 Å². The summed E-state index contributed by atoms with van der Waals surface area (Å²) in [6.07, 6.45) is 3.81. The van der Waals surface area contributed by atoms with Gasteiger partial charge >= 0.3 is 5.97 Å². The highest BCUT2D eigenvalue weighted by atomic mass is 16.5. The fraction of sp³-hybridized carbons (Fsp3) is 0.462. The van der Waals surface area contributed by atoms with Crippen LogP contribution in [0.4, 0.5) is 5.69 Å². The van der Waals surface area contributed by atoms with Gasteiger partial charge in [0.2, 0.25) is 0 Å². The van der Waals surface area contributed by atoms with Gasteiger partial charge in [0.05, 0.1) is 11.0 Å². The van der Waals surface area contributed by atoms with Crippen LogP contribution in [0.3, 0.4) is 0 Å². The first kappa shape index (κ1) is 20.3. The van der Waals surface area contributed by atoms with Crippen LogP contribution < -0.4 is 5.32 Å². The van der Waals surface area contributed by atoms with Crippen LogP contribution in [-0.2, 0) is 14.3 Å². The molecule has 4 aliphatic carbocycles. The molecule has 4 bridgehead atoms. The summed E-state index contributed by atoms with van der Waals surface area (Å²) in [6, 6.07) is 17.5. The van der Waals surface area contributed by atoms with Gasteiger partial charge in [0.1, 0.15) is 0 Å². The highest BCUT2D eigenvalue weighted by Crippen LogP contribution is 2.62. The van der Waals surface area contributed by atoms with Crippen molar-refractivity contribution >= 4 is 17.6 Å². The summed E-state index contributed by atoms with van der Waals surface area (Å²) in [6.45, 7) is 1.62. The van der Waals surface area contributed by atoms with Crippen LogP contribution in [0.5, 0.6) is 0 Å². The lowest BCUT2D eigenvalue weighted by Gasteiger charge is -2.58. The van der Waals surface area contributed by atoms with Crippen molar-refractivity contribution in [3.05, 3.63) is 54.6 Å². The number of carbonyl (C=O) groups is 2. The molecule has 0 heterocycles. The third-order valence-electron chi connectivity index (χ3n) is 7.39. The van der Waals surface area contributed by atoms with Crippen LogP contribution >= 0.6 is 0 Å². The minimum Gasteiger partial charge on any atom is -0.452 e. The number of esters is 1. The lowest BCUT2D eigenvalue weighted by molar-refractivity contribution is -0.199. The minimum atomic E-state index is -0.904. The van der Waals surface area contributed by atoms with Gasteiger partial charge in [-0.25, -0.2) is 0 Å². The fourth-order valence-corrected chi connectivity index (χ4v) is 6.49. The molecule has 0 spiro atoms. The molecular weight excluding hydrogens is 390 g/mol.